The highest BCUT2D eigenvalue weighted by Crippen LogP contribution is 2.38. The van der Waals surface area contributed by atoms with Crippen LogP contribution in [0.15, 0.2) is 0 Å². The first-order valence-corrected chi connectivity index (χ1v) is 5.80. The third kappa shape index (κ3) is 3.58. The molecule has 1 fully saturated rings. The van der Waals surface area contributed by atoms with Gasteiger partial charge in [-0.05, 0) is 37.5 Å². The van der Waals surface area contributed by atoms with Gasteiger partial charge in [0.05, 0.1) is 6.61 Å². The summed E-state index contributed by atoms with van der Waals surface area (Å²) in [5.74, 6) is 0.808. The Bertz CT molecular complexity index is 179. The van der Waals surface area contributed by atoms with Crippen LogP contribution in [-0.4, -0.2) is 23.8 Å². The van der Waals surface area contributed by atoms with E-state index in [1.54, 1.807) is 0 Å². The molecule has 1 aliphatic carbocycles. The maximum absolute atomic E-state index is 9.00. The molecule has 0 radical (unpaired) electrons. The summed E-state index contributed by atoms with van der Waals surface area (Å²) >= 11 is 0. The topological polar surface area (TPSA) is 32.3 Å². The van der Waals surface area contributed by atoms with Crippen LogP contribution in [0.5, 0.6) is 0 Å². The van der Waals surface area contributed by atoms with E-state index in [9.17, 15) is 0 Å². The molecule has 1 aliphatic rings. The molecule has 2 heteroatoms. The van der Waals surface area contributed by atoms with E-state index < -0.39 is 0 Å². The first kappa shape index (κ1) is 12.0. The number of nitrogens with one attached hydrogen (secondary N) is 1. The maximum atomic E-state index is 9.00. The summed E-state index contributed by atoms with van der Waals surface area (Å²) < 4.78 is 0. The van der Waals surface area contributed by atoms with Gasteiger partial charge >= 0.3 is 0 Å². The fourth-order valence-electron chi connectivity index (χ4n) is 2.93. The molecule has 2 unspecified atom stereocenters. The lowest BCUT2D eigenvalue weighted by Crippen LogP contribution is -2.45. The third-order valence-electron chi connectivity index (χ3n) is 3.18. The predicted octanol–water partition coefficient (Wildman–Crippen LogP) is 2.17. The fraction of sp³-hybridized carbons (Fsp3) is 1.00. The number of hydrogen-bond donors (Lipinski definition) is 2. The van der Waals surface area contributed by atoms with E-state index >= 15 is 0 Å². The van der Waals surface area contributed by atoms with Gasteiger partial charge in [-0.3, -0.25) is 0 Å². The minimum atomic E-state index is 0.237. The number of aliphatic hydroxyl groups excluding tert-OH is 1. The van der Waals surface area contributed by atoms with Gasteiger partial charge in [0.25, 0.3) is 0 Å². The van der Waals surface area contributed by atoms with Gasteiger partial charge in [-0.1, -0.05) is 20.8 Å². The smallest absolute Gasteiger partial charge is 0.0582 e. The number of rotatable bonds is 3. The highest BCUT2D eigenvalue weighted by Gasteiger charge is 2.32. The van der Waals surface area contributed by atoms with E-state index in [1.165, 1.54) is 19.3 Å². The van der Waals surface area contributed by atoms with Crippen molar-refractivity contribution >= 4 is 0 Å². The molecule has 0 bridgehead atoms. The average molecular weight is 199 g/mol. The Hall–Kier alpha value is -0.0800. The van der Waals surface area contributed by atoms with Crippen LogP contribution < -0.4 is 5.32 Å². The van der Waals surface area contributed by atoms with Crippen molar-refractivity contribution in [3.8, 4) is 0 Å². The summed E-state index contributed by atoms with van der Waals surface area (Å²) in [4.78, 5) is 0. The minimum absolute atomic E-state index is 0.237. The van der Waals surface area contributed by atoms with Crippen molar-refractivity contribution in [2.75, 3.05) is 6.61 Å². The molecule has 0 heterocycles. The third-order valence-corrected chi connectivity index (χ3v) is 3.18. The number of hydrogen-bond acceptors (Lipinski definition) is 2. The Morgan fingerprint density at radius 2 is 2.07 bits per heavy atom. The second-order valence-electron chi connectivity index (χ2n) is 5.86. The Morgan fingerprint density at radius 1 is 1.43 bits per heavy atom. The summed E-state index contributed by atoms with van der Waals surface area (Å²) in [6, 6.07) is 0.831. The van der Waals surface area contributed by atoms with Crippen molar-refractivity contribution in [3.63, 3.8) is 0 Å². The largest absolute Gasteiger partial charge is 0.395 e. The lowest BCUT2D eigenvalue weighted by Gasteiger charge is -2.40. The van der Waals surface area contributed by atoms with Gasteiger partial charge < -0.3 is 10.4 Å². The quantitative estimate of drug-likeness (QED) is 0.730. The van der Waals surface area contributed by atoms with E-state index in [0.29, 0.717) is 11.5 Å². The zero-order valence-electron chi connectivity index (χ0n) is 10.0. The second-order valence-corrected chi connectivity index (χ2v) is 5.86. The summed E-state index contributed by atoms with van der Waals surface area (Å²) in [6.07, 6.45) is 3.83. The lowest BCUT2D eigenvalue weighted by atomic mass is 9.70. The minimum Gasteiger partial charge on any atom is -0.395 e. The Balaban J connectivity index is 2.45. The van der Waals surface area contributed by atoms with Gasteiger partial charge in [0.2, 0.25) is 0 Å². The normalized spacial score (nSPS) is 34.1. The molecule has 0 amide bonds. The van der Waals surface area contributed by atoms with Crippen molar-refractivity contribution < 1.29 is 5.11 Å². The van der Waals surface area contributed by atoms with Gasteiger partial charge in [0, 0.05) is 12.1 Å². The average Bonchev–Trinajstić information content (AvgIpc) is 1.99. The molecule has 0 spiro atoms. The van der Waals surface area contributed by atoms with Crippen molar-refractivity contribution in [2.24, 2.45) is 11.3 Å². The molecule has 0 aromatic rings. The van der Waals surface area contributed by atoms with Crippen LogP contribution in [-0.2, 0) is 0 Å². The number of aliphatic hydroxyl groups is 1. The summed E-state index contributed by atoms with van der Waals surface area (Å²) in [7, 11) is 0. The Morgan fingerprint density at radius 3 is 2.57 bits per heavy atom. The van der Waals surface area contributed by atoms with Gasteiger partial charge in [0.15, 0.2) is 0 Å². The van der Waals surface area contributed by atoms with Crippen LogP contribution in [0.4, 0.5) is 0 Å². The van der Waals surface area contributed by atoms with Crippen LogP contribution in [0.3, 0.4) is 0 Å². The molecular weight excluding hydrogens is 174 g/mol. The molecule has 3 atom stereocenters. The Kier molecular flexibility index (Phi) is 3.96. The Labute approximate surface area is 88.1 Å². The van der Waals surface area contributed by atoms with E-state index in [0.717, 1.165) is 5.92 Å². The standard InChI is InChI=1S/C12H25NO/c1-9-5-11(13-10(2)8-14)7-12(3,4)6-9/h9-11,13-14H,5-8H2,1-4H3/t9?,10-,11?/m1/s1. The molecule has 2 nitrogen and oxygen atoms in total. The SMILES string of the molecule is CC1CC(N[C@H](C)CO)CC(C)(C)C1. The van der Waals surface area contributed by atoms with Crippen LogP contribution in [0.1, 0.15) is 47.0 Å². The summed E-state index contributed by atoms with van der Waals surface area (Å²) in [5, 5.41) is 12.5. The van der Waals surface area contributed by atoms with Crippen molar-refractivity contribution in [1.82, 2.24) is 5.32 Å². The summed E-state index contributed by atoms with van der Waals surface area (Å²) in [5.41, 5.74) is 0.463. The van der Waals surface area contributed by atoms with Crippen molar-refractivity contribution in [3.05, 3.63) is 0 Å². The first-order valence-electron chi connectivity index (χ1n) is 5.80. The van der Waals surface area contributed by atoms with Gasteiger partial charge in [-0.15, -0.1) is 0 Å². The zero-order chi connectivity index (χ0) is 10.8. The molecule has 84 valence electrons. The molecule has 14 heavy (non-hydrogen) atoms. The molecular formula is C12H25NO. The summed E-state index contributed by atoms with van der Waals surface area (Å²) in [6.45, 7) is 9.32. The molecule has 1 saturated carbocycles. The van der Waals surface area contributed by atoms with Crippen LogP contribution in [0.25, 0.3) is 0 Å². The maximum Gasteiger partial charge on any atom is 0.0582 e. The fourth-order valence-corrected chi connectivity index (χ4v) is 2.93. The van der Waals surface area contributed by atoms with Crippen molar-refractivity contribution in [2.45, 2.75) is 59.0 Å². The molecule has 2 N–H and O–H groups in total. The highest BCUT2D eigenvalue weighted by atomic mass is 16.3. The second kappa shape index (κ2) is 4.63. The van der Waals surface area contributed by atoms with Crippen molar-refractivity contribution in [1.29, 1.82) is 0 Å². The monoisotopic (exact) mass is 199 g/mol. The lowest BCUT2D eigenvalue weighted by molar-refractivity contribution is 0.135. The molecule has 0 aromatic carbocycles. The molecule has 0 aromatic heterocycles. The van der Waals surface area contributed by atoms with E-state index in [2.05, 4.69) is 26.1 Å². The first-order chi connectivity index (χ1) is 6.43. The predicted molar refractivity (Wildman–Crippen MR) is 60.3 cm³/mol. The van der Waals surface area contributed by atoms with Crippen LogP contribution >= 0.6 is 0 Å². The van der Waals surface area contributed by atoms with E-state index in [-0.39, 0.29) is 12.6 Å². The molecule has 0 aliphatic heterocycles. The van der Waals surface area contributed by atoms with Gasteiger partial charge in [0.1, 0.15) is 0 Å². The van der Waals surface area contributed by atoms with Gasteiger partial charge in [-0.2, -0.15) is 0 Å². The van der Waals surface area contributed by atoms with E-state index in [1.807, 2.05) is 6.92 Å². The van der Waals surface area contributed by atoms with Crippen LogP contribution in [0.2, 0.25) is 0 Å². The molecule has 1 rings (SSSR count). The van der Waals surface area contributed by atoms with E-state index in [4.69, 9.17) is 5.11 Å². The van der Waals surface area contributed by atoms with Crippen LogP contribution in [0, 0.1) is 11.3 Å². The molecule has 0 saturated heterocycles. The zero-order valence-corrected chi connectivity index (χ0v) is 10.0. The highest BCUT2D eigenvalue weighted by molar-refractivity contribution is 4.87. The van der Waals surface area contributed by atoms with Gasteiger partial charge in [-0.25, -0.2) is 0 Å².